The van der Waals surface area contributed by atoms with Gasteiger partial charge in [0.25, 0.3) is 0 Å². The van der Waals surface area contributed by atoms with Crippen molar-refractivity contribution in [3.05, 3.63) is 76.7 Å². The van der Waals surface area contributed by atoms with E-state index in [0.29, 0.717) is 12.1 Å². The van der Waals surface area contributed by atoms with E-state index >= 15 is 0 Å². The fraction of sp³-hybridized carbons (Fsp3) is 0.118. The zero-order valence-corrected chi connectivity index (χ0v) is 12.9. The van der Waals surface area contributed by atoms with Crippen molar-refractivity contribution in [3.63, 3.8) is 0 Å². The Bertz CT molecular complexity index is 1020. The van der Waals surface area contributed by atoms with Crippen LogP contribution in [0.2, 0.25) is 0 Å². The Balaban J connectivity index is 2.42. The van der Waals surface area contributed by atoms with Gasteiger partial charge in [-0.05, 0) is 23.8 Å². The van der Waals surface area contributed by atoms with Crippen LogP contribution in [0.5, 0.6) is 0 Å². The van der Waals surface area contributed by atoms with Gasteiger partial charge in [-0.25, -0.2) is 22.0 Å². The molecular formula is C17H7F8NO. The van der Waals surface area contributed by atoms with E-state index in [-0.39, 0.29) is 10.9 Å². The lowest BCUT2D eigenvalue weighted by atomic mass is 9.84. The van der Waals surface area contributed by atoms with E-state index in [1.54, 1.807) is 0 Å². The molecule has 27 heavy (non-hydrogen) atoms. The first kappa shape index (κ1) is 19.0. The third-order valence-corrected chi connectivity index (χ3v) is 4.00. The van der Waals surface area contributed by atoms with E-state index in [0.717, 1.165) is 6.07 Å². The zero-order valence-electron chi connectivity index (χ0n) is 12.9. The van der Waals surface area contributed by atoms with Crippen molar-refractivity contribution < 1.29 is 40.2 Å². The van der Waals surface area contributed by atoms with Crippen molar-refractivity contribution >= 4 is 10.9 Å². The van der Waals surface area contributed by atoms with Crippen molar-refractivity contribution in [2.24, 2.45) is 0 Å². The number of nitrogens with zero attached hydrogens (tertiary/aromatic N) is 1. The number of aromatic nitrogens is 1. The Morgan fingerprint density at radius 2 is 1.33 bits per heavy atom. The van der Waals surface area contributed by atoms with Crippen LogP contribution < -0.4 is 0 Å². The van der Waals surface area contributed by atoms with Crippen LogP contribution in [0.25, 0.3) is 10.9 Å². The van der Waals surface area contributed by atoms with Crippen molar-refractivity contribution in [2.45, 2.75) is 11.8 Å². The SMILES string of the molecule is O[C@@](c1ccc2ncccc2c1)(c1c(F)c(F)c(F)c(F)c1F)C(F)(F)F. The molecule has 1 atom stereocenters. The maximum absolute atomic E-state index is 14.0. The first-order valence-corrected chi connectivity index (χ1v) is 7.16. The topological polar surface area (TPSA) is 33.1 Å². The monoisotopic (exact) mass is 393 g/mol. The van der Waals surface area contributed by atoms with Crippen LogP contribution in [0.15, 0.2) is 36.5 Å². The Hall–Kier alpha value is -2.75. The van der Waals surface area contributed by atoms with Gasteiger partial charge >= 0.3 is 6.18 Å². The predicted molar refractivity (Wildman–Crippen MR) is 77.0 cm³/mol. The van der Waals surface area contributed by atoms with E-state index in [2.05, 4.69) is 4.98 Å². The lowest BCUT2D eigenvalue weighted by Crippen LogP contribution is -2.45. The maximum atomic E-state index is 14.0. The van der Waals surface area contributed by atoms with E-state index in [1.165, 1.54) is 18.3 Å². The molecule has 0 saturated heterocycles. The van der Waals surface area contributed by atoms with Gasteiger partial charge in [0, 0.05) is 11.6 Å². The Morgan fingerprint density at radius 3 is 1.89 bits per heavy atom. The lowest BCUT2D eigenvalue weighted by molar-refractivity contribution is -0.250. The van der Waals surface area contributed by atoms with Crippen LogP contribution in [0.4, 0.5) is 35.1 Å². The number of halogens is 8. The third kappa shape index (κ3) is 2.71. The summed E-state index contributed by atoms with van der Waals surface area (Å²) in [5, 5.41) is 10.3. The number of hydrogen-bond donors (Lipinski definition) is 1. The molecule has 0 fully saturated rings. The van der Waals surface area contributed by atoms with Gasteiger partial charge in [0.05, 0.1) is 11.1 Å². The van der Waals surface area contributed by atoms with Gasteiger partial charge in [-0.3, -0.25) is 4.98 Å². The minimum absolute atomic E-state index is 0.0431. The number of aliphatic hydroxyl groups is 1. The molecule has 3 aromatic rings. The highest BCUT2D eigenvalue weighted by molar-refractivity contribution is 5.79. The molecule has 142 valence electrons. The van der Waals surface area contributed by atoms with Crippen molar-refractivity contribution in [3.8, 4) is 0 Å². The molecule has 1 N–H and O–H groups in total. The highest BCUT2D eigenvalue weighted by Crippen LogP contribution is 2.47. The minimum atomic E-state index is -5.82. The summed E-state index contributed by atoms with van der Waals surface area (Å²) in [5.74, 6) is -13.4. The van der Waals surface area contributed by atoms with E-state index in [9.17, 15) is 40.2 Å². The fourth-order valence-corrected chi connectivity index (χ4v) is 2.67. The van der Waals surface area contributed by atoms with Crippen molar-refractivity contribution in [1.82, 2.24) is 4.98 Å². The smallest absolute Gasteiger partial charge is 0.372 e. The first-order chi connectivity index (χ1) is 12.5. The Kier molecular flexibility index (Phi) is 4.34. The second-order valence-corrected chi connectivity index (χ2v) is 5.56. The summed E-state index contributed by atoms with van der Waals surface area (Å²) >= 11 is 0. The highest BCUT2D eigenvalue weighted by Gasteiger charge is 2.60. The standard InChI is InChI=1S/C17H7F8NO/c18-11-10(12(19)14(21)15(22)13(11)20)16(27,17(23,24)25)8-3-4-9-7(6-8)2-1-5-26-9/h1-6,27H/t16-/m0/s1. The van der Waals surface area contributed by atoms with Crippen LogP contribution in [0, 0.1) is 29.1 Å². The zero-order chi connectivity index (χ0) is 20.1. The summed E-state index contributed by atoms with van der Waals surface area (Å²) in [6.07, 6.45) is -4.50. The van der Waals surface area contributed by atoms with E-state index < -0.39 is 52.0 Å². The van der Waals surface area contributed by atoms with Gasteiger partial charge in [0.2, 0.25) is 11.4 Å². The second kappa shape index (κ2) is 6.15. The summed E-state index contributed by atoms with van der Waals surface area (Å²) in [4.78, 5) is 3.83. The molecule has 0 aliphatic rings. The molecule has 0 radical (unpaired) electrons. The average Bonchev–Trinajstić information content (AvgIpc) is 2.63. The van der Waals surface area contributed by atoms with Crippen LogP contribution >= 0.6 is 0 Å². The highest BCUT2D eigenvalue weighted by atomic mass is 19.4. The second-order valence-electron chi connectivity index (χ2n) is 5.56. The fourth-order valence-electron chi connectivity index (χ4n) is 2.67. The summed E-state index contributed by atoms with van der Waals surface area (Å²) in [5.41, 5.74) is -7.86. The van der Waals surface area contributed by atoms with Crippen molar-refractivity contribution in [2.75, 3.05) is 0 Å². The number of rotatable bonds is 2. The molecule has 0 bridgehead atoms. The van der Waals surface area contributed by atoms with Gasteiger partial charge in [-0.1, -0.05) is 12.1 Å². The Labute approximate surface area is 145 Å². The molecule has 0 spiro atoms. The number of fused-ring (bicyclic) bond motifs is 1. The molecule has 10 heteroatoms. The Morgan fingerprint density at radius 1 is 0.778 bits per heavy atom. The number of alkyl halides is 3. The van der Waals surface area contributed by atoms with Crippen LogP contribution in [-0.4, -0.2) is 16.3 Å². The largest absolute Gasteiger partial charge is 0.425 e. The summed E-state index contributed by atoms with van der Waals surface area (Å²) in [6.45, 7) is 0. The lowest BCUT2D eigenvalue weighted by Gasteiger charge is -2.32. The molecular weight excluding hydrogens is 386 g/mol. The number of pyridine rings is 1. The third-order valence-electron chi connectivity index (χ3n) is 4.00. The van der Waals surface area contributed by atoms with Crippen LogP contribution in [-0.2, 0) is 5.60 Å². The van der Waals surface area contributed by atoms with Gasteiger partial charge in [0.1, 0.15) is 0 Å². The normalized spacial score (nSPS) is 14.4. The van der Waals surface area contributed by atoms with Gasteiger partial charge < -0.3 is 5.11 Å². The predicted octanol–water partition coefficient (Wildman–Crippen LogP) is 4.73. The van der Waals surface area contributed by atoms with Gasteiger partial charge in [0.15, 0.2) is 23.3 Å². The van der Waals surface area contributed by atoms with E-state index in [4.69, 9.17) is 0 Å². The van der Waals surface area contributed by atoms with Crippen LogP contribution in [0.1, 0.15) is 11.1 Å². The van der Waals surface area contributed by atoms with E-state index in [1.807, 2.05) is 0 Å². The van der Waals surface area contributed by atoms with Gasteiger partial charge in [-0.2, -0.15) is 13.2 Å². The molecule has 0 aliphatic heterocycles. The molecule has 0 amide bonds. The van der Waals surface area contributed by atoms with Gasteiger partial charge in [-0.15, -0.1) is 0 Å². The molecule has 1 heterocycles. The minimum Gasteiger partial charge on any atom is -0.372 e. The summed E-state index contributed by atoms with van der Waals surface area (Å²) in [7, 11) is 0. The van der Waals surface area contributed by atoms with Crippen LogP contribution in [0.3, 0.4) is 0 Å². The first-order valence-electron chi connectivity index (χ1n) is 7.16. The quantitative estimate of drug-likeness (QED) is 0.388. The summed E-state index contributed by atoms with van der Waals surface area (Å²) in [6, 6.07) is 4.99. The molecule has 0 saturated carbocycles. The number of hydrogen-bond acceptors (Lipinski definition) is 2. The average molecular weight is 393 g/mol. The molecule has 0 aliphatic carbocycles. The van der Waals surface area contributed by atoms with Crippen molar-refractivity contribution in [1.29, 1.82) is 0 Å². The molecule has 0 unspecified atom stereocenters. The number of benzene rings is 2. The molecule has 2 aromatic carbocycles. The maximum Gasteiger partial charge on any atom is 0.425 e. The summed E-state index contributed by atoms with van der Waals surface area (Å²) < 4.78 is 109. The molecule has 2 nitrogen and oxygen atoms in total. The molecule has 3 rings (SSSR count). The molecule has 1 aromatic heterocycles.